The fourth-order valence-corrected chi connectivity index (χ4v) is 5.97. The third-order valence-corrected chi connectivity index (χ3v) is 7.96. The number of thiol groups is 1. The van der Waals surface area contributed by atoms with Gasteiger partial charge in [0.2, 0.25) is 5.91 Å². The largest absolute Gasteiger partial charge is 0.448 e. The lowest BCUT2D eigenvalue weighted by molar-refractivity contribution is -0.154. The Kier molecular flexibility index (Phi) is 7.16. The average molecular weight is 517 g/mol. The van der Waals surface area contributed by atoms with E-state index >= 15 is 0 Å². The SMILES string of the molecule is O=C(Cc1ccccc1)NC1C(=O)N2C(C(=O)OC(c3ccccc3)c3ccccc3)=C(S)CS[C@@H]12. The topological polar surface area (TPSA) is 75.7 Å². The fraction of sp³-hybridized carbons (Fsp3) is 0.179. The molecule has 2 heterocycles. The van der Waals surface area contributed by atoms with Crippen molar-refractivity contribution in [3.63, 3.8) is 0 Å². The number of thioether (sulfide) groups is 1. The fourth-order valence-electron chi connectivity index (χ4n) is 4.35. The van der Waals surface area contributed by atoms with E-state index in [0.29, 0.717) is 10.7 Å². The van der Waals surface area contributed by atoms with Crippen LogP contribution in [0.4, 0.5) is 0 Å². The number of carbonyl (C=O) groups excluding carboxylic acids is 3. The molecule has 0 bridgehead atoms. The number of nitrogens with zero attached hydrogens (tertiary/aromatic N) is 1. The maximum atomic E-state index is 13.5. The van der Waals surface area contributed by atoms with Crippen molar-refractivity contribution in [2.45, 2.75) is 23.9 Å². The van der Waals surface area contributed by atoms with E-state index < -0.39 is 18.1 Å². The second kappa shape index (κ2) is 10.6. The number of β-lactam (4-membered cyclic amide) rings is 1. The van der Waals surface area contributed by atoms with E-state index in [0.717, 1.165) is 16.7 Å². The first-order valence-corrected chi connectivity index (χ1v) is 13.0. The van der Waals surface area contributed by atoms with Crippen LogP contribution in [0.25, 0.3) is 0 Å². The standard InChI is InChI=1S/C28H24N2O4S2/c31-22(16-18-10-4-1-5-11-18)29-23-26(32)30-24(21(35)17-36-27(23)30)28(33)34-25(19-12-6-2-7-13-19)20-14-8-3-9-15-20/h1-15,23,25,27,35H,16-17H2,(H,29,31)/t23?,27-/m0/s1. The van der Waals surface area contributed by atoms with Gasteiger partial charge in [-0.2, -0.15) is 0 Å². The molecule has 1 fully saturated rings. The molecule has 8 heteroatoms. The Bertz CT molecular complexity index is 1260. The molecule has 2 aliphatic rings. The highest BCUT2D eigenvalue weighted by Gasteiger charge is 2.54. The minimum atomic E-state index is -0.700. The normalized spacial score (nSPS) is 18.9. The van der Waals surface area contributed by atoms with Crippen molar-refractivity contribution in [3.05, 3.63) is 118 Å². The van der Waals surface area contributed by atoms with Gasteiger partial charge in [-0.1, -0.05) is 91.0 Å². The lowest BCUT2D eigenvalue weighted by Crippen LogP contribution is -2.70. The van der Waals surface area contributed by atoms with E-state index in [1.807, 2.05) is 91.0 Å². The summed E-state index contributed by atoms with van der Waals surface area (Å²) in [5.41, 5.74) is 2.64. The minimum absolute atomic E-state index is 0.137. The lowest BCUT2D eigenvalue weighted by Gasteiger charge is -2.49. The maximum absolute atomic E-state index is 13.5. The van der Waals surface area contributed by atoms with Crippen LogP contribution in [0.15, 0.2) is 102 Å². The molecular weight excluding hydrogens is 492 g/mol. The highest BCUT2D eigenvalue weighted by atomic mass is 32.2. The monoisotopic (exact) mass is 516 g/mol. The molecule has 1 N–H and O–H groups in total. The average Bonchev–Trinajstić information content (AvgIpc) is 2.91. The van der Waals surface area contributed by atoms with Gasteiger partial charge < -0.3 is 10.1 Å². The molecule has 1 saturated heterocycles. The number of amides is 2. The van der Waals surface area contributed by atoms with Gasteiger partial charge in [-0.25, -0.2) is 4.79 Å². The molecule has 2 atom stereocenters. The molecule has 6 nitrogen and oxygen atoms in total. The lowest BCUT2D eigenvalue weighted by atomic mass is 10.0. The third kappa shape index (κ3) is 4.92. The maximum Gasteiger partial charge on any atom is 0.356 e. The number of rotatable bonds is 7. The summed E-state index contributed by atoms with van der Waals surface area (Å²) < 4.78 is 5.99. The van der Waals surface area contributed by atoms with Crippen molar-refractivity contribution < 1.29 is 19.1 Å². The highest BCUT2D eigenvalue weighted by Crippen LogP contribution is 2.42. The number of benzene rings is 3. The molecule has 2 amide bonds. The summed E-state index contributed by atoms with van der Waals surface area (Å²) in [5, 5.41) is 2.44. The van der Waals surface area contributed by atoms with Gasteiger partial charge in [0, 0.05) is 10.7 Å². The Morgan fingerprint density at radius 3 is 2.08 bits per heavy atom. The van der Waals surface area contributed by atoms with Crippen molar-refractivity contribution in [1.29, 1.82) is 0 Å². The Morgan fingerprint density at radius 2 is 1.50 bits per heavy atom. The number of ether oxygens (including phenoxy) is 1. The number of hydrogen-bond donors (Lipinski definition) is 2. The predicted molar refractivity (Wildman–Crippen MR) is 142 cm³/mol. The number of fused-ring (bicyclic) bond motifs is 1. The van der Waals surface area contributed by atoms with Crippen molar-refractivity contribution in [2.75, 3.05) is 5.75 Å². The van der Waals surface area contributed by atoms with Crippen LogP contribution in [0.5, 0.6) is 0 Å². The van der Waals surface area contributed by atoms with Crippen molar-refractivity contribution in [1.82, 2.24) is 10.2 Å². The van der Waals surface area contributed by atoms with Gasteiger partial charge in [-0.3, -0.25) is 14.5 Å². The summed E-state index contributed by atoms with van der Waals surface area (Å²) >= 11 is 5.97. The Balaban J connectivity index is 1.32. The van der Waals surface area contributed by atoms with Crippen LogP contribution in [0.3, 0.4) is 0 Å². The second-order valence-corrected chi connectivity index (χ2v) is 10.2. The van der Waals surface area contributed by atoms with Crippen LogP contribution < -0.4 is 5.32 Å². The first-order chi connectivity index (χ1) is 17.5. The van der Waals surface area contributed by atoms with Crippen molar-refractivity contribution in [2.24, 2.45) is 0 Å². The first kappa shape index (κ1) is 24.2. The van der Waals surface area contributed by atoms with Crippen LogP contribution in [0.2, 0.25) is 0 Å². The Labute approximate surface area is 219 Å². The number of nitrogens with one attached hydrogen (secondary N) is 1. The summed E-state index contributed by atoms with van der Waals surface area (Å²) in [7, 11) is 0. The zero-order chi connectivity index (χ0) is 25.1. The molecule has 0 radical (unpaired) electrons. The first-order valence-electron chi connectivity index (χ1n) is 11.5. The molecule has 0 spiro atoms. The van der Waals surface area contributed by atoms with E-state index in [1.165, 1.54) is 16.7 Å². The van der Waals surface area contributed by atoms with Gasteiger partial charge in [0.1, 0.15) is 17.1 Å². The van der Waals surface area contributed by atoms with Crippen LogP contribution in [-0.4, -0.2) is 39.9 Å². The predicted octanol–water partition coefficient (Wildman–Crippen LogP) is 4.10. The van der Waals surface area contributed by atoms with Crippen molar-refractivity contribution in [3.8, 4) is 0 Å². The molecule has 3 aromatic rings. The van der Waals surface area contributed by atoms with Crippen LogP contribution in [0.1, 0.15) is 22.8 Å². The minimum Gasteiger partial charge on any atom is -0.448 e. The molecule has 182 valence electrons. The van der Waals surface area contributed by atoms with Crippen LogP contribution in [-0.2, 0) is 25.5 Å². The van der Waals surface area contributed by atoms with Crippen LogP contribution >= 0.6 is 24.4 Å². The number of esters is 1. The Morgan fingerprint density at radius 1 is 0.944 bits per heavy atom. The molecular formula is C28H24N2O4S2. The summed E-state index contributed by atoms with van der Waals surface area (Å²) in [4.78, 5) is 41.0. The van der Waals surface area contributed by atoms with Gasteiger partial charge in [-0.15, -0.1) is 24.4 Å². The summed E-state index contributed by atoms with van der Waals surface area (Å²) in [6, 6.07) is 27.6. The number of carbonyl (C=O) groups is 3. The second-order valence-electron chi connectivity index (χ2n) is 8.52. The third-order valence-electron chi connectivity index (χ3n) is 6.10. The summed E-state index contributed by atoms with van der Waals surface area (Å²) in [6.07, 6.45) is -0.459. The van der Waals surface area contributed by atoms with Gasteiger partial charge in [0.05, 0.1) is 6.42 Å². The molecule has 1 unspecified atom stereocenters. The van der Waals surface area contributed by atoms with E-state index in [-0.39, 0.29) is 29.3 Å². The van der Waals surface area contributed by atoms with Gasteiger partial charge in [0.15, 0.2) is 6.10 Å². The van der Waals surface area contributed by atoms with Crippen LogP contribution in [0, 0.1) is 0 Å². The van der Waals surface area contributed by atoms with Crippen molar-refractivity contribution >= 4 is 42.2 Å². The molecule has 36 heavy (non-hydrogen) atoms. The van der Waals surface area contributed by atoms with E-state index in [4.69, 9.17) is 4.74 Å². The molecule has 0 saturated carbocycles. The van der Waals surface area contributed by atoms with E-state index in [1.54, 1.807) is 0 Å². The zero-order valence-electron chi connectivity index (χ0n) is 19.2. The smallest absolute Gasteiger partial charge is 0.356 e. The summed E-state index contributed by atoms with van der Waals surface area (Å²) in [5.74, 6) is -0.764. The molecule has 5 rings (SSSR count). The van der Waals surface area contributed by atoms with E-state index in [9.17, 15) is 14.4 Å². The quantitative estimate of drug-likeness (QED) is 0.281. The van der Waals surface area contributed by atoms with Gasteiger partial charge in [-0.05, 0) is 16.7 Å². The number of hydrogen-bond acceptors (Lipinski definition) is 6. The molecule has 3 aromatic carbocycles. The Hall–Kier alpha value is -3.49. The zero-order valence-corrected chi connectivity index (χ0v) is 21.0. The molecule has 0 aromatic heterocycles. The molecule has 2 aliphatic heterocycles. The van der Waals surface area contributed by atoms with Gasteiger partial charge in [0.25, 0.3) is 5.91 Å². The summed E-state index contributed by atoms with van der Waals surface area (Å²) in [6.45, 7) is 0. The van der Waals surface area contributed by atoms with Gasteiger partial charge >= 0.3 is 5.97 Å². The molecule has 0 aliphatic carbocycles. The highest BCUT2D eigenvalue weighted by molar-refractivity contribution is 8.01. The van der Waals surface area contributed by atoms with E-state index in [2.05, 4.69) is 17.9 Å².